The van der Waals surface area contributed by atoms with Crippen LogP contribution in [0.4, 0.5) is 0 Å². The van der Waals surface area contributed by atoms with Gasteiger partial charge < -0.3 is 9.72 Å². The van der Waals surface area contributed by atoms with Crippen LogP contribution in [-0.2, 0) is 0 Å². The van der Waals surface area contributed by atoms with Gasteiger partial charge in [0.15, 0.2) is 5.16 Å². The second-order valence-corrected chi connectivity index (χ2v) is 6.69. The van der Waals surface area contributed by atoms with Crippen molar-refractivity contribution in [1.82, 2.24) is 9.97 Å². The lowest BCUT2D eigenvalue weighted by atomic mass is 10.2. The van der Waals surface area contributed by atoms with Gasteiger partial charge in [-0.2, -0.15) is 0 Å². The summed E-state index contributed by atoms with van der Waals surface area (Å²) in [6, 6.07) is 15.5. The van der Waals surface area contributed by atoms with Gasteiger partial charge in [-0.1, -0.05) is 41.6 Å². The van der Waals surface area contributed by atoms with Crippen LogP contribution in [0.25, 0.3) is 10.9 Å². The number of aryl methyl sites for hydroxylation is 1. The summed E-state index contributed by atoms with van der Waals surface area (Å²) in [5, 5.41) is 1.31. The van der Waals surface area contributed by atoms with E-state index in [1.54, 1.807) is 17.8 Å². The largest absolute Gasteiger partial charge is 0.494 e. The van der Waals surface area contributed by atoms with Crippen molar-refractivity contribution in [2.45, 2.75) is 24.9 Å². The summed E-state index contributed by atoms with van der Waals surface area (Å²) in [7, 11) is 0. The Balaban J connectivity index is 1.43. The summed E-state index contributed by atoms with van der Waals surface area (Å²) in [4.78, 5) is 19.3. The van der Waals surface area contributed by atoms with Gasteiger partial charge in [0.1, 0.15) is 5.75 Å². The van der Waals surface area contributed by atoms with Crippen molar-refractivity contribution in [1.29, 1.82) is 0 Å². The molecule has 0 bridgehead atoms. The molecule has 3 rings (SSSR count). The van der Waals surface area contributed by atoms with Crippen molar-refractivity contribution < 1.29 is 4.74 Å². The molecule has 1 N–H and O–H groups in total. The van der Waals surface area contributed by atoms with Crippen LogP contribution in [0.1, 0.15) is 18.4 Å². The molecule has 1 aromatic heterocycles. The Hall–Kier alpha value is -2.27. The fraction of sp³-hybridized carbons (Fsp3) is 0.263. The van der Waals surface area contributed by atoms with E-state index in [9.17, 15) is 4.79 Å². The number of benzene rings is 2. The molecule has 24 heavy (non-hydrogen) atoms. The van der Waals surface area contributed by atoms with Gasteiger partial charge in [0.05, 0.1) is 17.5 Å². The Kier molecular flexibility index (Phi) is 5.54. The summed E-state index contributed by atoms with van der Waals surface area (Å²) in [6.45, 7) is 2.76. The zero-order valence-electron chi connectivity index (χ0n) is 13.6. The van der Waals surface area contributed by atoms with E-state index in [2.05, 4.69) is 16.9 Å². The molecule has 5 heteroatoms. The first-order chi connectivity index (χ1) is 11.7. The monoisotopic (exact) mass is 340 g/mol. The quantitative estimate of drug-likeness (QED) is 0.398. The minimum absolute atomic E-state index is 0.0780. The highest BCUT2D eigenvalue weighted by molar-refractivity contribution is 7.99. The van der Waals surface area contributed by atoms with Gasteiger partial charge in [-0.05, 0) is 44.0 Å². The van der Waals surface area contributed by atoms with E-state index >= 15 is 0 Å². The van der Waals surface area contributed by atoms with E-state index in [0.717, 1.165) is 29.9 Å². The Morgan fingerprint density at radius 1 is 1.08 bits per heavy atom. The number of aromatic nitrogens is 2. The van der Waals surface area contributed by atoms with Crippen LogP contribution in [0.15, 0.2) is 58.5 Å². The molecular weight excluding hydrogens is 320 g/mol. The fourth-order valence-corrected chi connectivity index (χ4v) is 3.20. The van der Waals surface area contributed by atoms with Crippen molar-refractivity contribution in [3.8, 4) is 5.75 Å². The van der Waals surface area contributed by atoms with E-state index in [0.29, 0.717) is 17.1 Å². The molecule has 0 aliphatic carbocycles. The van der Waals surface area contributed by atoms with Crippen LogP contribution in [-0.4, -0.2) is 22.3 Å². The summed E-state index contributed by atoms with van der Waals surface area (Å²) in [5.41, 5.74) is 1.90. The van der Waals surface area contributed by atoms with Crippen molar-refractivity contribution >= 4 is 22.7 Å². The molecule has 0 amide bonds. The maximum absolute atomic E-state index is 12.0. The second kappa shape index (κ2) is 8.02. The number of ether oxygens (including phenoxy) is 1. The van der Waals surface area contributed by atoms with E-state index in [1.807, 2.05) is 42.5 Å². The summed E-state index contributed by atoms with van der Waals surface area (Å²) in [6.07, 6.45) is 1.98. The maximum Gasteiger partial charge on any atom is 0.259 e. The lowest BCUT2D eigenvalue weighted by Gasteiger charge is -2.06. The van der Waals surface area contributed by atoms with Crippen LogP contribution in [0.3, 0.4) is 0 Å². The van der Waals surface area contributed by atoms with Gasteiger partial charge in [0.25, 0.3) is 5.56 Å². The molecular formula is C19H20N2O2S. The standard InChI is InChI=1S/C19H20N2O2S/c1-14-8-10-15(11-9-14)23-12-4-5-13-24-19-20-17-7-3-2-6-16(17)18(22)21-19/h2-3,6-11H,4-5,12-13H2,1H3,(H,20,21,22). The normalized spacial score (nSPS) is 10.9. The molecule has 0 atom stereocenters. The Bertz CT molecular complexity index is 859. The van der Waals surface area contributed by atoms with Gasteiger partial charge in [-0.15, -0.1) is 0 Å². The number of H-pyrrole nitrogens is 1. The van der Waals surface area contributed by atoms with Crippen molar-refractivity contribution in [3.05, 3.63) is 64.4 Å². The van der Waals surface area contributed by atoms with E-state index in [-0.39, 0.29) is 5.56 Å². The minimum atomic E-state index is -0.0780. The average molecular weight is 340 g/mol. The number of rotatable bonds is 7. The third kappa shape index (κ3) is 4.38. The lowest BCUT2D eigenvalue weighted by molar-refractivity contribution is 0.310. The molecule has 0 aliphatic heterocycles. The van der Waals surface area contributed by atoms with E-state index in [4.69, 9.17) is 4.74 Å². The highest BCUT2D eigenvalue weighted by Gasteiger charge is 2.03. The molecule has 2 aromatic carbocycles. The van der Waals surface area contributed by atoms with Gasteiger partial charge in [0.2, 0.25) is 0 Å². The molecule has 0 radical (unpaired) electrons. The Morgan fingerprint density at radius 3 is 2.71 bits per heavy atom. The lowest BCUT2D eigenvalue weighted by Crippen LogP contribution is -2.09. The first-order valence-electron chi connectivity index (χ1n) is 8.04. The number of aromatic amines is 1. The number of hydrogen-bond acceptors (Lipinski definition) is 4. The molecule has 0 saturated heterocycles. The second-order valence-electron chi connectivity index (χ2n) is 5.61. The fourth-order valence-electron chi connectivity index (χ4n) is 2.33. The molecule has 0 saturated carbocycles. The topological polar surface area (TPSA) is 55.0 Å². The number of hydrogen-bond donors (Lipinski definition) is 1. The Labute approximate surface area is 145 Å². The van der Waals surface area contributed by atoms with Crippen molar-refractivity contribution in [3.63, 3.8) is 0 Å². The van der Waals surface area contributed by atoms with Crippen LogP contribution >= 0.6 is 11.8 Å². The van der Waals surface area contributed by atoms with Crippen LogP contribution in [0, 0.1) is 6.92 Å². The highest BCUT2D eigenvalue weighted by atomic mass is 32.2. The Morgan fingerprint density at radius 2 is 1.88 bits per heavy atom. The predicted octanol–water partition coefficient (Wildman–Crippen LogP) is 4.18. The molecule has 124 valence electrons. The van der Waals surface area contributed by atoms with E-state index < -0.39 is 0 Å². The number of para-hydroxylation sites is 1. The zero-order chi connectivity index (χ0) is 16.8. The van der Waals surface area contributed by atoms with Crippen molar-refractivity contribution in [2.75, 3.05) is 12.4 Å². The third-order valence-corrected chi connectivity index (χ3v) is 4.62. The van der Waals surface area contributed by atoms with Gasteiger partial charge in [-0.25, -0.2) is 4.98 Å². The summed E-state index contributed by atoms with van der Waals surface area (Å²) >= 11 is 1.58. The molecule has 0 unspecified atom stereocenters. The molecule has 0 spiro atoms. The molecule has 4 nitrogen and oxygen atoms in total. The number of nitrogens with one attached hydrogen (secondary N) is 1. The minimum Gasteiger partial charge on any atom is -0.494 e. The predicted molar refractivity (Wildman–Crippen MR) is 99.0 cm³/mol. The van der Waals surface area contributed by atoms with Gasteiger partial charge in [0, 0.05) is 5.75 Å². The van der Waals surface area contributed by atoms with Crippen LogP contribution < -0.4 is 10.3 Å². The summed E-state index contributed by atoms with van der Waals surface area (Å²) in [5.74, 6) is 1.81. The summed E-state index contributed by atoms with van der Waals surface area (Å²) < 4.78 is 5.71. The third-order valence-electron chi connectivity index (χ3n) is 3.66. The number of unbranched alkanes of at least 4 members (excludes halogenated alkanes) is 1. The number of fused-ring (bicyclic) bond motifs is 1. The van der Waals surface area contributed by atoms with Crippen LogP contribution in [0.2, 0.25) is 0 Å². The van der Waals surface area contributed by atoms with E-state index in [1.165, 1.54) is 5.56 Å². The van der Waals surface area contributed by atoms with Gasteiger partial charge >= 0.3 is 0 Å². The number of nitrogens with zero attached hydrogens (tertiary/aromatic N) is 1. The molecule has 0 fully saturated rings. The number of thioether (sulfide) groups is 1. The molecule has 0 aliphatic rings. The SMILES string of the molecule is Cc1ccc(OCCCCSc2nc3ccccc3c(=O)[nH]2)cc1. The maximum atomic E-state index is 12.0. The molecule has 3 aromatic rings. The molecule has 1 heterocycles. The first-order valence-corrected chi connectivity index (χ1v) is 9.02. The first kappa shape index (κ1) is 16.6. The average Bonchev–Trinajstić information content (AvgIpc) is 2.60. The highest BCUT2D eigenvalue weighted by Crippen LogP contribution is 2.17. The van der Waals surface area contributed by atoms with Crippen molar-refractivity contribution in [2.24, 2.45) is 0 Å². The van der Waals surface area contributed by atoms with Gasteiger partial charge in [-0.3, -0.25) is 4.79 Å². The smallest absolute Gasteiger partial charge is 0.259 e. The van der Waals surface area contributed by atoms with Crippen LogP contribution in [0.5, 0.6) is 5.75 Å². The zero-order valence-corrected chi connectivity index (χ0v) is 14.4.